The van der Waals surface area contributed by atoms with Gasteiger partial charge in [0.1, 0.15) is 11.9 Å². The molecule has 0 N–H and O–H groups in total. The standard InChI is InChI=1S/C14H20O/c1-11-7-3-5-9-13(11)15-14-10-6-4-8-12(14)2/h3,5,7,9,12,14H,4,6,8,10H2,1-2H3. The molecule has 0 spiro atoms. The van der Waals surface area contributed by atoms with Crippen molar-refractivity contribution in [3.8, 4) is 5.75 Å². The van der Waals surface area contributed by atoms with E-state index in [1.807, 2.05) is 0 Å². The Morgan fingerprint density at radius 1 is 1.13 bits per heavy atom. The van der Waals surface area contributed by atoms with Gasteiger partial charge in [-0.15, -0.1) is 0 Å². The molecule has 1 aromatic carbocycles. The SMILES string of the molecule is Cc1ccccc1OC1CCCCC1C. The number of para-hydroxylation sites is 1. The van der Waals surface area contributed by atoms with Gasteiger partial charge in [-0.3, -0.25) is 0 Å². The molecule has 2 atom stereocenters. The zero-order valence-corrected chi connectivity index (χ0v) is 9.70. The summed E-state index contributed by atoms with van der Waals surface area (Å²) in [5.74, 6) is 1.77. The quantitative estimate of drug-likeness (QED) is 0.708. The molecule has 1 aliphatic rings. The molecule has 0 heterocycles. The van der Waals surface area contributed by atoms with Crippen LogP contribution in [0.3, 0.4) is 0 Å². The predicted molar refractivity (Wildman–Crippen MR) is 63.2 cm³/mol. The van der Waals surface area contributed by atoms with Gasteiger partial charge in [0.15, 0.2) is 0 Å². The zero-order valence-electron chi connectivity index (χ0n) is 9.70. The number of hydrogen-bond acceptors (Lipinski definition) is 1. The first-order valence-electron chi connectivity index (χ1n) is 5.99. The first kappa shape index (κ1) is 10.5. The van der Waals surface area contributed by atoms with Gasteiger partial charge in [0, 0.05) is 0 Å². The van der Waals surface area contributed by atoms with Crippen LogP contribution in [0.1, 0.15) is 38.2 Å². The minimum atomic E-state index is 0.430. The number of benzene rings is 1. The minimum Gasteiger partial charge on any atom is -0.490 e. The summed E-state index contributed by atoms with van der Waals surface area (Å²) in [4.78, 5) is 0. The molecule has 0 aliphatic heterocycles. The van der Waals surface area contributed by atoms with Crippen LogP contribution in [0, 0.1) is 12.8 Å². The summed E-state index contributed by atoms with van der Waals surface area (Å²) in [6.07, 6.45) is 5.65. The Balaban J connectivity index is 2.04. The van der Waals surface area contributed by atoms with Crippen molar-refractivity contribution >= 4 is 0 Å². The predicted octanol–water partition coefficient (Wildman–Crippen LogP) is 3.95. The highest BCUT2D eigenvalue weighted by Crippen LogP contribution is 2.29. The Bertz CT molecular complexity index is 319. The molecule has 0 radical (unpaired) electrons. The van der Waals surface area contributed by atoms with Gasteiger partial charge in [0.2, 0.25) is 0 Å². The van der Waals surface area contributed by atoms with E-state index in [4.69, 9.17) is 4.74 Å². The molecule has 1 heteroatoms. The Morgan fingerprint density at radius 3 is 2.60 bits per heavy atom. The normalized spacial score (nSPS) is 26.3. The van der Waals surface area contributed by atoms with Crippen molar-refractivity contribution in [1.29, 1.82) is 0 Å². The van der Waals surface area contributed by atoms with Gasteiger partial charge in [0.25, 0.3) is 0 Å². The summed E-state index contributed by atoms with van der Waals surface area (Å²) >= 11 is 0. The number of aryl methyl sites for hydroxylation is 1. The van der Waals surface area contributed by atoms with Gasteiger partial charge in [-0.05, 0) is 43.7 Å². The van der Waals surface area contributed by atoms with Crippen LogP contribution in [-0.4, -0.2) is 6.10 Å². The Labute approximate surface area is 92.5 Å². The maximum absolute atomic E-state index is 6.10. The van der Waals surface area contributed by atoms with Crippen LogP contribution >= 0.6 is 0 Å². The van der Waals surface area contributed by atoms with Crippen LogP contribution in [0.2, 0.25) is 0 Å². The second-order valence-corrected chi connectivity index (χ2v) is 4.68. The summed E-state index contributed by atoms with van der Waals surface area (Å²) in [5, 5.41) is 0. The van der Waals surface area contributed by atoms with Crippen molar-refractivity contribution in [3.05, 3.63) is 29.8 Å². The molecule has 0 aromatic heterocycles. The first-order valence-corrected chi connectivity index (χ1v) is 5.99. The van der Waals surface area contributed by atoms with Crippen molar-refractivity contribution < 1.29 is 4.74 Å². The van der Waals surface area contributed by atoms with Crippen LogP contribution in [0.5, 0.6) is 5.75 Å². The third-order valence-corrected chi connectivity index (χ3v) is 3.40. The fourth-order valence-electron chi connectivity index (χ4n) is 2.31. The van der Waals surface area contributed by atoms with E-state index in [-0.39, 0.29) is 0 Å². The van der Waals surface area contributed by atoms with E-state index in [1.165, 1.54) is 31.2 Å². The molecular weight excluding hydrogens is 184 g/mol. The maximum atomic E-state index is 6.10. The highest BCUT2D eigenvalue weighted by molar-refractivity contribution is 5.31. The fraction of sp³-hybridized carbons (Fsp3) is 0.571. The van der Waals surface area contributed by atoms with E-state index in [0.717, 1.165) is 5.75 Å². The van der Waals surface area contributed by atoms with E-state index in [1.54, 1.807) is 0 Å². The van der Waals surface area contributed by atoms with Crippen LogP contribution in [0.25, 0.3) is 0 Å². The molecule has 0 bridgehead atoms. The molecule has 1 fully saturated rings. The third-order valence-electron chi connectivity index (χ3n) is 3.40. The lowest BCUT2D eigenvalue weighted by atomic mass is 9.88. The summed E-state index contributed by atoms with van der Waals surface area (Å²) < 4.78 is 6.10. The average molecular weight is 204 g/mol. The molecule has 82 valence electrons. The van der Waals surface area contributed by atoms with Crippen molar-refractivity contribution in [2.24, 2.45) is 5.92 Å². The largest absolute Gasteiger partial charge is 0.490 e. The molecule has 1 aliphatic carbocycles. The van der Waals surface area contributed by atoms with E-state index in [0.29, 0.717) is 12.0 Å². The number of rotatable bonds is 2. The van der Waals surface area contributed by atoms with Gasteiger partial charge in [-0.1, -0.05) is 31.5 Å². The van der Waals surface area contributed by atoms with Crippen molar-refractivity contribution in [2.45, 2.75) is 45.6 Å². The van der Waals surface area contributed by atoms with E-state index >= 15 is 0 Å². The van der Waals surface area contributed by atoms with Crippen molar-refractivity contribution in [3.63, 3.8) is 0 Å². The second-order valence-electron chi connectivity index (χ2n) is 4.68. The topological polar surface area (TPSA) is 9.23 Å². The number of hydrogen-bond donors (Lipinski definition) is 0. The maximum Gasteiger partial charge on any atom is 0.122 e. The molecule has 15 heavy (non-hydrogen) atoms. The van der Waals surface area contributed by atoms with Gasteiger partial charge in [0.05, 0.1) is 0 Å². The lowest BCUT2D eigenvalue weighted by Gasteiger charge is -2.29. The number of ether oxygens (including phenoxy) is 1. The van der Waals surface area contributed by atoms with E-state index in [9.17, 15) is 0 Å². The molecule has 0 amide bonds. The van der Waals surface area contributed by atoms with Crippen LogP contribution in [0.15, 0.2) is 24.3 Å². The molecule has 1 nitrogen and oxygen atoms in total. The molecule has 2 rings (SSSR count). The van der Waals surface area contributed by atoms with Crippen molar-refractivity contribution in [1.82, 2.24) is 0 Å². The molecule has 0 saturated heterocycles. The Kier molecular flexibility index (Phi) is 3.30. The van der Waals surface area contributed by atoms with Gasteiger partial charge >= 0.3 is 0 Å². The lowest BCUT2D eigenvalue weighted by molar-refractivity contribution is 0.102. The lowest BCUT2D eigenvalue weighted by Crippen LogP contribution is -2.28. The molecule has 2 unspecified atom stereocenters. The van der Waals surface area contributed by atoms with E-state index in [2.05, 4.69) is 38.1 Å². The average Bonchev–Trinajstić information content (AvgIpc) is 2.24. The van der Waals surface area contributed by atoms with Crippen LogP contribution < -0.4 is 4.74 Å². The summed E-state index contributed by atoms with van der Waals surface area (Å²) in [6, 6.07) is 8.31. The van der Waals surface area contributed by atoms with Gasteiger partial charge in [-0.25, -0.2) is 0 Å². The fourth-order valence-corrected chi connectivity index (χ4v) is 2.31. The zero-order chi connectivity index (χ0) is 10.7. The third kappa shape index (κ3) is 2.53. The Morgan fingerprint density at radius 2 is 1.87 bits per heavy atom. The minimum absolute atomic E-state index is 0.430. The first-order chi connectivity index (χ1) is 7.27. The summed E-state index contributed by atoms with van der Waals surface area (Å²) in [5.41, 5.74) is 1.25. The second kappa shape index (κ2) is 4.69. The summed E-state index contributed by atoms with van der Waals surface area (Å²) in [7, 11) is 0. The van der Waals surface area contributed by atoms with Gasteiger partial charge < -0.3 is 4.74 Å². The smallest absolute Gasteiger partial charge is 0.122 e. The van der Waals surface area contributed by atoms with Crippen LogP contribution in [-0.2, 0) is 0 Å². The highest BCUT2D eigenvalue weighted by Gasteiger charge is 2.22. The molecule has 1 aromatic rings. The molecular formula is C14H20O. The summed E-state index contributed by atoms with van der Waals surface area (Å²) in [6.45, 7) is 4.42. The highest BCUT2D eigenvalue weighted by atomic mass is 16.5. The monoisotopic (exact) mass is 204 g/mol. The van der Waals surface area contributed by atoms with Gasteiger partial charge in [-0.2, -0.15) is 0 Å². The van der Waals surface area contributed by atoms with Crippen molar-refractivity contribution in [2.75, 3.05) is 0 Å². The van der Waals surface area contributed by atoms with E-state index < -0.39 is 0 Å². The van der Waals surface area contributed by atoms with Crippen LogP contribution in [0.4, 0.5) is 0 Å². The Hall–Kier alpha value is -0.980. The molecule has 1 saturated carbocycles.